The molecular weight excluding hydrogens is 164 g/mol. The molecule has 10 heavy (non-hydrogen) atoms. The van der Waals surface area contributed by atoms with Gasteiger partial charge in [0.15, 0.2) is 0 Å². The van der Waals surface area contributed by atoms with Crippen molar-refractivity contribution in [3.05, 3.63) is 0 Å². The molecular formula is C4H11F2NO2S. The summed E-state index contributed by atoms with van der Waals surface area (Å²) in [5.41, 5.74) is 0. The van der Waals surface area contributed by atoms with Gasteiger partial charge >= 0.3 is 5.76 Å². The Balaban J connectivity index is 3.87. The summed E-state index contributed by atoms with van der Waals surface area (Å²) in [6, 6.07) is -0.362. The highest BCUT2D eigenvalue weighted by atomic mass is 32.3. The van der Waals surface area contributed by atoms with Crippen LogP contribution in [0.25, 0.3) is 0 Å². The van der Waals surface area contributed by atoms with Crippen LogP contribution in [0.5, 0.6) is 0 Å². The molecule has 0 bridgehead atoms. The van der Waals surface area contributed by atoms with Gasteiger partial charge in [-0.15, -0.1) is 0 Å². The van der Waals surface area contributed by atoms with Gasteiger partial charge in [-0.1, -0.05) is 10.8 Å². The molecule has 0 aromatic carbocycles. The largest absolute Gasteiger partial charge is 0.339 e. The Bertz CT molecular complexity index is 109. The van der Waals surface area contributed by atoms with Crippen molar-refractivity contribution < 1.29 is 17.9 Å². The lowest BCUT2D eigenvalue weighted by Crippen LogP contribution is -2.30. The van der Waals surface area contributed by atoms with Gasteiger partial charge in [0.1, 0.15) is 0 Å². The molecule has 3 N–H and O–H groups in total. The Morgan fingerprint density at radius 2 is 1.70 bits per heavy atom. The third-order valence-corrected chi connectivity index (χ3v) is 1.97. The van der Waals surface area contributed by atoms with Crippen molar-refractivity contribution in [3.63, 3.8) is 0 Å². The van der Waals surface area contributed by atoms with Crippen LogP contribution >= 0.6 is 10.8 Å². The Morgan fingerprint density at radius 3 is 1.80 bits per heavy atom. The van der Waals surface area contributed by atoms with Crippen molar-refractivity contribution in [1.29, 1.82) is 0 Å². The van der Waals surface area contributed by atoms with Crippen LogP contribution in [0.3, 0.4) is 0 Å². The lowest BCUT2D eigenvalue weighted by Gasteiger charge is -2.33. The van der Waals surface area contributed by atoms with Gasteiger partial charge < -0.3 is 0 Å². The Labute approximate surface area is 59.9 Å². The molecule has 0 aromatic heterocycles. The highest BCUT2D eigenvalue weighted by Gasteiger charge is 2.24. The number of hydrogen-bond acceptors (Lipinski definition) is 3. The molecule has 0 aliphatic rings. The average Bonchev–Trinajstić information content (AvgIpc) is 1.60. The summed E-state index contributed by atoms with van der Waals surface area (Å²) in [5.74, 6) is -3.12. The summed E-state index contributed by atoms with van der Waals surface area (Å²) in [4.78, 5) is 0. The molecule has 0 rings (SSSR count). The summed E-state index contributed by atoms with van der Waals surface area (Å²) in [6.45, 7) is 3.10. The van der Waals surface area contributed by atoms with Crippen molar-refractivity contribution in [2.45, 2.75) is 25.6 Å². The minimum absolute atomic E-state index is 0.362. The van der Waals surface area contributed by atoms with Crippen LogP contribution in [0.4, 0.5) is 8.78 Å². The van der Waals surface area contributed by atoms with Crippen molar-refractivity contribution in [1.82, 2.24) is 4.72 Å². The van der Waals surface area contributed by atoms with Crippen LogP contribution in [0.2, 0.25) is 0 Å². The molecule has 0 unspecified atom stereocenters. The minimum atomic E-state index is -3.88. The molecule has 64 valence electrons. The van der Waals surface area contributed by atoms with Gasteiger partial charge in [-0.3, -0.25) is 9.11 Å². The number of rotatable bonds is 3. The normalized spacial score (nSPS) is 14.8. The van der Waals surface area contributed by atoms with Gasteiger partial charge in [0, 0.05) is 6.04 Å². The first-order valence-corrected chi connectivity index (χ1v) is 4.29. The van der Waals surface area contributed by atoms with Gasteiger partial charge in [-0.2, -0.15) is 8.78 Å². The average molecular weight is 175 g/mol. The van der Waals surface area contributed by atoms with Gasteiger partial charge in [-0.05, 0) is 13.8 Å². The SMILES string of the molecule is CC(C)NS(O)(O)C(F)F. The third-order valence-electron chi connectivity index (χ3n) is 0.658. The van der Waals surface area contributed by atoms with Gasteiger partial charge in [0.25, 0.3) is 0 Å². The van der Waals surface area contributed by atoms with Crippen LogP contribution in [-0.2, 0) is 0 Å². The zero-order valence-corrected chi connectivity index (χ0v) is 6.53. The van der Waals surface area contributed by atoms with Crippen LogP contribution in [0.15, 0.2) is 0 Å². The maximum absolute atomic E-state index is 11.6. The van der Waals surface area contributed by atoms with Crippen molar-refractivity contribution >= 4 is 10.8 Å². The first-order chi connectivity index (χ1) is 4.36. The van der Waals surface area contributed by atoms with Gasteiger partial charge in [0.05, 0.1) is 0 Å². The van der Waals surface area contributed by atoms with Crippen LogP contribution in [0, 0.1) is 0 Å². The van der Waals surface area contributed by atoms with Crippen LogP contribution in [-0.4, -0.2) is 20.9 Å². The molecule has 0 heterocycles. The predicted molar refractivity (Wildman–Crippen MR) is 37.1 cm³/mol. The fraction of sp³-hybridized carbons (Fsp3) is 1.00. The summed E-state index contributed by atoms with van der Waals surface area (Å²) in [5, 5.41) is 0. The Kier molecular flexibility index (Phi) is 3.50. The second-order valence-electron chi connectivity index (χ2n) is 2.13. The summed E-state index contributed by atoms with van der Waals surface area (Å²) in [6.07, 6.45) is 0. The first kappa shape index (κ1) is 10.1. The number of halogens is 2. The second-order valence-corrected chi connectivity index (χ2v) is 3.90. The number of nitrogens with one attached hydrogen (secondary N) is 1. The topological polar surface area (TPSA) is 52.5 Å². The molecule has 0 saturated carbocycles. The van der Waals surface area contributed by atoms with Crippen molar-refractivity contribution in [2.75, 3.05) is 0 Å². The molecule has 0 spiro atoms. The quantitative estimate of drug-likeness (QED) is 0.613. The molecule has 6 heteroatoms. The predicted octanol–water partition coefficient (Wildman–Crippen LogP) is 1.87. The van der Waals surface area contributed by atoms with Gasteiger partial charge in [-0.25, -0.2) is 4.72 Å². The number of hydrogen-bond donors (Lipinski definition) is 3. The smallest absolute Gasteiger partial charge is 0.281 e. The Hall–Kier alpha value is 0.0900. The van der Waals surface area contributed by atoms with E-state index in [1.54, 1.807) is 13.8 Å². The molecule has 0 radical (unpaired) electrons. The molecule has 0 fully saturated rings. The summed E-state index contributed by atoms with van der Waals surface area (Å²) in [7, 11) is -3.88. The lowest BCUT2D eigenvalue weighted by atomic mass is 10.4. The maximum atomic E-state index is 11.6. The second kappa shape index (κ2) is 3.47. The van der Waals surface area contributed by atoms with E-state index in [1.807, 2.05) is 4.72 Å². The highest BCUT2D eigenvalue weighted by Crippen LogP contribution is 2.41. The zero-order chi connectivity index (χ0) is 8.36. The summed E-state index contributed by atoms with van der Waals surface area (Å²) < 4.78 is 42.3. The van der Waals surface area contributed by atoms with Crippen LogP contribution in [0.1, 0.15) is 13.8 Å². The molecule has 0 aromatic rings. The van der Waals surface area contributed by atoms with E-state index >= 15 is 0 Å². The monoisotopic (exact) mass is 175 g/mol. The highest BCUT2D eigenvalue weighted by molar-refractivity contribution is 8.22. The van der Waals surface area contributed by atoms with E-state index in [-0.39, 0.29) is 6.04 Å². The van der Waals surface area contributed by atoms with E-state index in [1.165, 1.54) is 0 Å². The third kappa shape index (κ3) is 3.31. The van der Waals surface area contributed by atoms with E-state index in [2.05, 4.69) is 0 Å². The fourth-order valence-electron chi connectivity index (χ4n) is 0.398. The summed E-state index contributed by atoms with van der Waals surface area (Å²) >= 11 is 0. The first-order valence-electron chi connectivity index (χ1n) is 2.68. The zero-order valence-electron chi connectivity index (χ0n) is 5.71. The van der Waals surface area contributed by atoms with Gasteiger partial charge in [0.2, 0.25) is 0 Å². The standard InChI is InChI=1S/C4H11F2NO2S/c1-3(2)7-10(8,9)4(5)6/h3-4,7-9H,1-2H3. The van der Waals surface area contributed by atoms with E-state index in [9.17, 15) is 8.78 Å². The lowest BCUT2D eigenvalue weighted by molar-refractivity contribution is 0.210. The number of alkyl halides is 2. The van der Waals surface area contributed by atoms with E-state index in [4.69, 9.17) is 9.11 Å². The van der Waals surface area contributed by atoms with E-state index in [0.29, 0.717) is 0 Å². The Morgan fingerprint density at radius 1 is 1.30 bits per heavy atom. The molecule has 0 saturated heterocycles. The molecule has 0 amide bonds. The molecule has 3 nitrogen and oxygen atoms in total. The van der Waals surface area contributed by atoms with E-state index < -0.39 is 16.5 Å². The maximum Gasteiger partial charge on any atom is 0.339 e. The molecule has 0 aliphatic carbocycles. The molecule has 0 atom stereocenters. The minimum Gasteiger partial charge on any atom is -0.281 e. The van der Waals surface area contributed by atoms with E-state index in [0.717, 1.165) is 0 Å². The van der Waals surface area contributed by atoms with Crippen molar-refractivity contribution in [3.8, 4) is 0 Å². The fourth-order valence-corrected chi connectivity index (χ4v) is 1.20. The van der Waals surface area contributed by atoms with Crippen molar-refractivity contribution in [2.24, 2.45) is 0 Å². The molecule has 0 aliphatic heterocycles. The van der Waals surface area contributed by atoms with Crippen LogP contribution < -0.4 is 4.72 Å².